The van der Waals surface area contributed by atoms with E-state index < -0.39 is 0 Å². The molecule has 0 radical (unpaired) electrons. The molecule has 1 atom stereocenters. The Balaban J connectivity index is 1.60. The Kier molecular flexibility index (Phi) is 16.7. The van der Waals surface area contributed by atoms with Crippen LogP contribution < -0.4 is 0 Å². The predicted octanol–water partition coefficient (Wildman–Crippen LogP) is 6.93. The van der Waals surface area contributed by atoms with Crippen LogP contribution in [0.5, 0.6) is 0 Å². The Hall–Kier alpha value is -1.14. The molecular formula is C33H66N4O2+2. The van der Waals surface area contributed by atoms with Crippen LogP contribution in [0.25, 0.3) is 0 Å². The molecule has 228 valence electrons. The minimum Gasteiger partial charge on any atom is -0.307 e. The van der Waals surface area contributed by atoms with Crippen molar-refractivity contribution in [3.8, 4) is 0 Å². The van der Waals surface area contributed by atoms with Gasteiger partial charge in [0.25, 0.3) is 0 Å². The van der Waals surface area contributed by atoms with Crippen molar-refractivity contribution in [3.05, 3.63) is 0 Å². The first-order valence-electron chi connectivity index (χ1n) is 17.0. The summed E-state index contributed by atoms with van der Waals surface area (Å²) in [4.78, 5) is 28.7. The standard InChI is InChI=1S/C33H66N4O2/c1-5-6-7-8-9-10-11-12-13-14-15-16-17-18-19-20-27-37(4,31-35-26-22-24-33(35)39)29-28-36(2,3)30-34-25-21-23-32(34)38/h5-31H2,1-4H3/q+2. The zero-order chi connectivity index (χ0) is 28.4. The Morgan fingerprint density at radius 3 is 1.36 bits per heavy atom. The lowest BCUT2D eigenvalue weighted by atomic mass is 10.0. The Bertz CT molecular complexity index is 683. The summed E-state index contributed by atoms with van der Waals surface area (Å²) in [5.74, 6) is 0.650. The van der Waals surface area contributed by atoms with E-state index in [1.807, 2.05) is 4.90 Å². The first-order chi connectivity index (χ1) is 18.7. The SMILES string of the molecule is CCCCCCCCCCCCCCCCCC[N+](C)(CC[N+](C)(C)CN1CCCC1=O)CN1CCCC1=O. The van der Waals surface area contributed by atoms with Gasteiger partial charge in [0.1, 0.15) is 13.1 Å². The van der Waals surface area contributed by atoms with Gasteiger partial charge in [-0.15, -0.1) is 0 Å². The highest BCUT2D eigenvalue weighted by molar-refractivity contribution is 5.78. The fraction of sp³-hybridized carbons (Fsp3) is 0.939. The predicted molar refractivity (Wildman–Crippen MR) is 164 cm³/mol. The number of nitrogens with zero attached hydrogens (tertiary/aromatic N) is 4. The van der Waals surface area contributed by atoms with Crippen LogP contribution in [-0.2, 0) is 9.59 Å². The van der Waals surface area contributed by atoms with E-state index in [4.69, 9.17) is 0 Å². The van der Waals surface area contributed by atoms with Crippen molar-refractivity contribution < 1.29 is 18.6 Å². The molecule has 2 aliphatic heterocycles. The van der Waals surface area contributed by atoms with E-state index >= 15 is 0 Å². The van der Waals surface area contributed by atoms with Gasteiger partial charge in [0, 0.05) is 25.9 Å². The second-order valence-electron chi connectivity index (χ2n) is 13.8. The number of likely N-dealkylation sites (tertiary alicyclic amines) is 2. The van der Waals surface area contributed by atoms with Crippen LogP contribution in [0.2, 0.25) is 0 Å². The average molecular weight is 551 g/mol. The molecule has 0 aromatic heterocycles. The molecule has 2 heterocycles. The maximum Gasteiger partial charge on any atom is 0.226 e. The number of unbranched alkanes of at least 4 members (excludes halogenated alkanes) is 15. The fourth-order valence-electron chi connectivity index (χ4n) is 6.46. The summed E-state index contributed by atoms with van der Waals surface area (Å²) in [6.07, 6.45) is 25.8. The van der Waals surface area contributed by atoms with E-state index in [1.165, 1.54) is 103 Å². The van der Waals surface area contributed by atoms with Crippen LogP contribution in [0.15, 0.2) is 0 Å². The molecule has 0 saturated carbocycles. The van der Waals surface area contributed by atoms with Gasteiger partial charge in [0.15, 0.2) is 13.3 Å². The van der Waals surface area contributed by atoms with Crippen molar-refractivity contribution in [2.75, 3.05) is 67.2 Å². The molecule has 2 fully saturated rings. The third kappa shape index (κ3) is 14.9. The summed E-state index contributed by atoms with van der Waals surface area (Å²) in [6.45, 7) is 9.00. The second kappa shape index (κ2) is 19.1. The van der Waals surface area contributed by atoms with E-state index in [9.17, 15) is 9.59 Å². The van der Waals surface area contributed by atoms with Gasteiger partial charge in [0.05, 0.1) is 27.7 Å². The lowest BCUT2D eigenvalue weighted by Crippen LogP contribution is -2.58. The third-order valence-electron chi connectivity index (χ3n) is 9.21. The third-order valence-corrected chi connectivity index (χ3v) is 9.21. The average Bonchev–Trinajstić information content (AvgIpc) is 3.49. The molecule has 0 bridgehead atoms. The molecule has 0 aliphatic carbocycles. The van der Waals surface area contributed by atoms with Crippen molar-refractivity contribution in [1.82, 2.24) is 9.80 Å². The summed E-state index contributed by atoms with van der Waals surface area (Å²) in [7, 11) is 6.87. The second-order valence-corrected chi connectivity index (χ2v) is 13.8. The first-order valence-corrected chi connectivity index (χ1v) is 17.0. The monoisotopic (exact) mass is 551 g/mol. The van der Waals surface area contributed by atoms with Gasteiger partial charge in [-0.2, -0.15) is 0 Å². The molecule has 0 spiro atoms. The van der Waals surface area contributed by atoms with E-state index in [0.29, 0.717) is 18.2 Å². The first kappa shape index (κ1) is 34.1. The zero-order valence-corrected chi connectivity index (χ0v) is 26.7. The Morgan fingerprint density at radius 1 is 0.538 bits per heavy atom. The summed E-state index contributed by atoms with van der Waals surface area (Å²) < 4.78 is 1.78. The van der Waals surface area contributed by atoms with Gasteiger partial charge in [-0.3, -0.25) is 19.4 Å². The number of carbonyl (C=O) groups excluding carboxylic acids is 2. The molecule has 0 N–H and O–H groups in total. The van der Waals surface area contributed by atoms with Gasteiger partial charge >= 0.3 is 0 Å². The molecule has 2 aliphatic rings. The summed E-state index contributed by atoms with van der Waals surface area (Å²) in [5, 5.41) is 0. The number of rotatable bonds is 24. The van der Waals surface area contributed by atoms with E-state index in [2.05, 4.69) is 33.0 Å². The number of hydrogen-bond donors (Lipinski definition) is 0. The van der Waals surface area contributed by atoms with E-state index in [0.717, 1.165) is 74.3 Å². The maximum atomic E-state index is 12.4. The highest BCUT2D eigenvalue weighted by Gasteiger charge is 2.34. The lowest BCUT2D eigenvalue weighted by Gasteiger charge is -2.41. The van der Waals surface area contributed by atoms with Crippen molar-refractivity contribution in [1.29, 1.82) is 0 Å². The van der Waals surface area contributed by atoms with Gasteiger partial charge < -0.3 is 8.97 Å². The van der Waals surface area contributed by atoms with Crippen molar-refractivity contribution in [3.63, 3.8) is 0 Å². The van der Waals surface area contributed by atoms with Crippen LogP contribution in [0.3, 0.4) is 0 Å². The highest BCUT2D eigenvalue weighted by atomic mass is 16.2. The van der Waals surface area contributed by atoms with Crippen molar-refractivity contribution in [2.24, 2.45) is 0 Å². The van der Waals surface area contributed by atoms with Gasteiger partial charge in [-0.1, -0.05) is 96.8 Å². The summed E-state index contributed by atoms with van der Waals surface area (Å²) >= 11 is 0. The molecule has 1 unspecified atom stereocenters. The topological polar surface area (TPSA) is 40.6 Å². The molecule has 0 aromatic rings. The maximum absolute atomic E-state index is 12.4. The van der Waals surface area contributed by atoms with Crippen molar-refractivity contribution in [2.45, 2.75) is 135 Å². The molecule has 39 heavy (non-hydrogen) atoms. The molecule has 2 saturated heterocycles. The quantitative estimate of drug-likeness (QED) is 0.0966. The smallest absolute Gasteiger partial charge is 0.226 e. The molecule has 6 heteroatoms. The van der Waals surface area contributed by atoms with Crippen molar-refractivity contribution >= 4 is 11.8 Å². The lowest BCUT2D eigenvalue weighted by molar-refractivity contribution is -0.963. The minimum absolute atomic E-state index is 0.314. The number of likely N-dealkylation sites (N-methyl/N-ethyl adjacent to an activating group) is 2. The van der Waals surface area contributed by atoms with Crippen LogP contribution >= 0.6 is 0 Å². The molecule has 0 aromatic carbocycles. The largest absolute Gasteiger partial charge is 0.307 e. The normalized spacial score (nSPS) is 17.9. The number of carbonyl (C=O) groups is 2. The van der Waals surface area contributed by atoms with Crippen LogP contribution in [0.1, 0.15) is 135 Å². The molecule has 6 nitrogen and oxygen atoms in total. The zero-order valence-electron chi connectivity index (χ0n) is 26.7. The van der Waals surface area contributed by atoms with Crippen LogP contribution in [0, 0.1) is 0 Å². The van der Waals surface area contributed by atoms with Gasteiger partial charge in [-0.05, 0) is 25.7 Å². The van der Waals surface area contributed by atoms with E-state index in [1.54, 1.807) is 0 Å². The molecular weight excluding hydrogens is 484 g/mol. The highest BCUT2D eigenvalue weighted by Crippen LogP contribution is 2.19. The van der Waals surface area contributed by atoms with Crippen LogP contribution in [-0.4, -0.2) is 97.8 Å². The molecule has 2 rings (SSSR count). The fourth-order valence-corrected chi connectivity index (χ4v) is 6.46. The Morgan fingerprint density at radius 2 is 0.949 bits per heavy atom. The van der Waals surface area contributed by atoms with Gasteiger partial charge in [0.2, 0.25) is 11.8 Å². The van der Waals surface area contributed by atoms with Gasteiger partial charge in [-0.25, -0.2) is 0 Å². The minimum atomic E-state index is 0.314. The summed E-state index contributed by atoms with van der Waals surface area (Å²) in [6, 6.07) is 0. The number of quaternary nitrogens is 2. The number of amides is 2. The summed E-state index contributed by atoms with van der Waals surface area (Å²) in [5.41, 5.74) is 0. The van der Waals surface area contributed by atoms with E-state index in [-0.39, 0.29) is 0 Å². The Labute approximate surface area is 242 Å². The van der Waals surface area contributed by atoms with Crippen LogP contribution in [0.4, 0.5) is 0 Å². The molecule has 2 amide bonds. The number of hydrogen-bond acceptors (Lipinski definition) is 2.